The lowest BCUT2D eigenvalue weighted by atomic mass is 10.6. The monoisotopic (exact) mass is 761 g/mol. The fraction of sp³-hybridized carbons (Fsp3) is 0.727. The third-order valence-corrected chi connectivity index (χ3v) is 3.05. The Balaban J connectivity index is -0.000000115. The standard InChI is InChI=1S/C9H18N2O4.C5H6Cl2O4.C5H8O6.C2H7N.CH4.Cl2OS/c1-10(2)8(12)5-14-7-15-6-9(13)11(3)4;6-4(8)1-10-3-11-2-5(7)9;6-4(7)1-10-3-11-2-5(8)9;1-3-2;;1-4(2)3/h5-7H2,1-4H3;1-3H2;1-3H2,(H,6,7)(H,8,9);3H,1-2H3;1H4;. The van der Waals surface area contributed by atoms with Gasteiger partial charge in [0.2, 0.25) is 31.5 Å². The van der Waals surface area contributed by atoms with Crippen molar-refractivity contribution in [2.45, 2.75) is 7.43 Å². The number of carbonyl (C=O) groups excluding carboxylic acids is 4. The lowest BCUT2D eigenvalue weighted by Gasteiger charge is -2.12. The van der Waals surface area contributed by atoms with Crippen molar-refractivity contribution in [2.24, 2.45) is 0 Å². The first kappa shape index (κ1) is 55.6. The summed E-state index contributed by atoms with van der Waals surface area (Å²) >= 11 is 9.81. The Morgan fingerprint density at radius 1 is 0.600 bits per heavy atom. The van der Waals surface area contributed by atoms with Gasteiger partial charge in [-0.3, -0.25) is 19.2 Å². The average Bonchev–Trinajstić information content (AvgIpc) is 2.88. The van der Waals surface area contributed by atoms with Gasteiger partial charge < -0.3 is 53.8 Å². The number of halogens is 4. The maximum absolute atomic E-state index is 11.0. The van der Waals surface area contributed by atoms with Gasteiger partial charge in [-0.25, -0.2) is 13.8 Å². The number of carboxylic acid groups (broad SMARTS) is 2. The van der Waals surface area contributed by atoms with Gasteiger partial charge in [0.1, 0.15) is 60.0 Å². The molecule has 0 aliphatic carbocycles. The number of ether oxygens (including phenoxy) is 6. The first-order valence-corrected chi connectivity index (χ1v) is 14.9. The highest BCUT2D eigenvalue weighted by molar-refractivity contribution is 8.26. The molecule has 0 aromatic heterocycles. The molecule has 0 bridgehead atoms. The summed E-state index contributed by atoms with van der Waals surface area (Å²) in [5, 5.41) is 17.6. The second kappa shape index (κ2) is 42.2. The van der Waals surface area contributed by atoms with Crippen LogP contribution in [0.2, 0.25) is 0 Å². The molecule has 0 heterocycles. The maximum atomic E-state index is 11.0. The van der Waals surface area contributed by atoms with Crippen LogP contribution in [0, 0.1) is 0 Å². The van der Waals surface area contributed by atoms with Crippen LogP contribution in [0.4, 0.5) is 0 Å². The third-order valence-electron chi connectivity index (χ3n) is 2.83. The highest BCUT2D eigenvalue weighted by atomic mass is 36.0. The van der Waals surface area contributed by atoms with Gasteiger partial charge in [0.05, 0.1) is 0 Å². The number of nitrogens with zero attached hydrogens (tertiary/aromatic N) is 2. The minimum Gasteiger partial charge on any atom is -0.480 e. The molecule has 0 atom stereocenters. The second-order valence-corrected chi connectivity index (χ2v) is 10.6. The van der Waals surface area contributed by atoms with E-state index in [1.807, 2.05) is 14.1 Å². The summed E-state index contributed by atoms with van der Waals surface area (Å²) in [5.74, 6) is -2.53. The summed E-state index contributed by atoms with van der Waals surface area (Å²) in [6.07, 6.45) is 0. The number of carboxylic acids is 2. The number of rotatable bonds is 18. The van der Waals surface area contributed by atoms with E-state index in [2.05, 4.69) is 45.6 Å². The second-order valence-electron chi connectivity index (χ2n) is 7.20. The molecule has 0 radical (unpaired) electrons. The van der Waals surface area contributed by atoms with Gasteiger partial charge in [-0.1, -0.05) is 7.43 Å². The Labute approximate surface area is 283 Å². The summed E-state index contributed by atoms with van der Waals surface area (Å²) in [7, 11) is 17.7. The van der Waals surface area contributed by atoms with Crippen molar-refractivity contribution < 1.29 is 71.6 Å². The van der Waals surface area contributed by atoms with Crippen LogP contribution in [0.5, 0.6) is 0 Å². The summed E-state index contributed by atoms with van der Waals surface area (Å²) in [6, 6.07) is 0. The number of carbonyl (C=O) groups is 6. The number of aliphatic carboxylic acids is 2. The van der Waals surface area contributed by atoms with Crippen LogP contribution >= 0.6 is 44.6 Å². The molecule has 23 heteroatoms. The molecule has 0 unspecified atom stereocenters. The van der Waals surface area contributed by atoms with E-state index in [4.69, 9.17) is 47.1 Å². The van der Waals surface area contributed by atoms with Gasteiger partial charge in [-0.2, -0.15) is 0 Å². The number of hydrogen-bond donors (Lipinski definition) is 3. The van der Waals surface area contributed by atoms with Gasteiger partial charge in [0.25, 0.3) is 0 Å². The molecule has 45 heavy (non-hydrogen) atoms. The van der Waals surface area contributed by atoms with Crippen LogP contribution in [0.15, 0.2) is 0 Å². The average molecular weight is 763 g/mol. The SMILES string of the molecule is C.CN(C)C(=O)COCOCC(=O)N(C)C.CNC.O=C(Cl)COCOCC(=O)Cl.O=C(O)COCOCC(=O)O.O=S(Cl)Cl. The zero-order valence-corrected chi connectivity index (χ0v) is 28.7. The molecule has 0 aliphatic heterocycles. The largest absolute Gasteiger partial charge is 0.480 e. The number of amides is 2. The zero-order chi connectivity index (χ0) is 35.5. The Bertz CT molecular complexity index is 722. The van der Waals surface area contributed by atoms with Crippen molar-refractivity contribution in [1.82, 2.24) is 15.1 Å². The van der Waals surface area contributed by atoms with Crippen LogP contribution < -0.4 is 5.32 Å². The smallest absolute Gasteiger partial charge is 0.329 e. The highest BCUT2D eigenvalue weighted by Crippen LogP contribution is 1.89. The minimum absolute atomic E-state index is 0. The van der Waals surface area contributed by atoms with Crippen molar-refractivity contribution >= 4 is 88.0 Å². The first-order valence-electron chi connectivity index (χ1n) is 11.3. The van der Waals surface area contributed by atoms with Crippen molar-refractivity contribution in [3.05, 3.63) is 0 Å². The lowest BCUT2D eigenvalue weighted by Crippen LogP contribution is -2.28. The quantitative estimate of drug-likeness (QED) is 0.0969. The summed E-state index contributed by atoms with van der Waals surface area (Å²) in [4.78, 5) is 64.5. The molecule has 18 nitrogen and oxygen atoms in total. The van der Waals surface area contributed by atoms with Crippen LogP contribution in [0.3, 0.4) is 0 Å². The molecule has 0 aliphatic rings. The Morgan fingerprint density at radius 2 is 0.800 bits per heavy atom. The maximum Gasteiger partial charge on any atom is 0.329 e. The minimum atomic E-state index is -1.67. The van der Waals surface area contributed by atoms with Gasteiger partial charge in [-0.05, 0) is 37.3 Å². The van der Waals surface area contributed by atoms with Gasteiger partial charge in [0, 0.05) is 49.6 Å². The fourth-order valence-electron chi connectivity index (χ4n) is 1.19. The van der Waals surface area contributed by atoms with Gasteiger partial charge >= 0.3 is 11.9 Å². The zero-order valence-electron chi connectivity index (χ0n) is 24.9. The molecule has 0 aromatic rings. The van der Waals surface area contributed by atoms with Gasteiger partial charge in [-0.15, -0.1) is 0 Å². The topological polar surface area (TPSA) is 234 Å². The Kier molecular flexibility index (Phi) is 52.2. The van der Waals surface area contributed by atoms with Crippen molar-refractivity contribution in [1.29, 1.82) is 0 Å². The lowest BCUT2D eigenvalue weighted by molar-refractivity contribution is -0.154. The highest BCUT2D eigenvalue weighted by Gasteiger charge is 2.05. The van der Waals surface area contributed by atoms with E-state index in [0.717, 1.165) is 0 Å². The molecule has 0 saturated carbocycles. The van der Waals surface area contributed by atoms with Crippen LogP contribution in [0.1, 0.15) is 7.43 Å². The number of likely N-dealkylation sites (N-methyl/N-ethyl adjacent to an activating group) is 2. The van der Waals surface area contributed by atoms with E-state index in [1.165, 1.54) is 9.80 Å². The third kappa shape index (κ3) is 74.8. The van der Waals surface area contributed by atoms with E-state index in [1.54, 1.807) is 28.2 Å². The van der Waals surface area contributed by atoms with E-state index >= 15 is 0 Å². The van der Waals surface area contributed by atoms with Crippen LogP contribution in [0.25, 0.3) is 0 Å². The predicted octanol–water partition coefficient (Wildman–Crippen LogP) is 0.322. The summed E-state index contributed by atoms with van der Waals surface area (Å²) < 4.78 is 36.7. The Morgan fingerprint density at radius 3 is 0.978 bits per heavy atom. The Hall–Kier alpha value is -1.75. The molecule has 0 spiro atoms. The van der Waals surface area contributed by atoms with Crippen molar-refractivity contribution in [3.63, 3.8) is 0 Å². The fourth-order valence-corrected chi connectivity index (χ4v) is 1.35. The molecular formula is C22H43Cl4N3O15S. The number of hydrogen-bond acceptors (Lipinski definition) is 14. The molecule has 0 fully saturated rings. The van der Waals surface area contributed by atoms with Crippen LogP contribution in [-0.2, 0) is 66.4 Å². The van der Waals surface area contributed by atoms with E-state index in [-0.39, 0.29) is 66.0 Å². The number of nitrogens with one attached hydrogen (secondary N) is 1. The summed E-state index contributed by atoms with van der Waals surface area (Å²) in [6.45, 7) is -2.07. The molecule has 270 valence electrons. The van der Waals surface area contributed by atoms with Crippen molar-refractivity contribution in [2.75, 3.05) is 102 Å². The summed E-state index contributed by atoms with van der Waals surface area (Å²) in [5.41, 5.74) is 0. The normalized spacial score (nSPS) is 9.13. The van der Waals surface area contributed by atoms with Crippen molar-refractivity contribution in [3.8, 4) is 0 Å². The van der Waals surface area contributed by atoms with Crippen LogP contribution in [-0.4, -0.2) is 161 Å². The van der Waals surface area contributed by atoms with Gasteiger partial charge in [0.15, 0.2) is 0 Å². The van der Waals surface area contributed by atoms with E-state index < -0.39 is 44.9 Å². The molecular weight excluding hydrogens is 720 g/mol. The van der Waals surface area contributed by atoms with E-state index in [0.29, 0.717) is 0 Å². The van der Waals surface area contributed by atoms with E-state index in [9.17, 15) is 28.8 Å². The molecule has 0 saturated heterocycles. The first-order chi connectivity index (χ1) is 20.3. The molecule has 2 amide bonds. The molecule has 3 N–H and O–H groups in total. The molecule has 0 aromatic carbocycles. The predicted molar refractivity (Wildman–Crippen MR) is 166 cm³/mol. The molecule has 0 rings (SSSR count).